The number of aliphatic hydroxyl groups excluding tert-OH is 1. The second kappa shape index (κ2) is 6.87. The van der Waals surface area contributed by atoms with Gasteiger partial charge in [0, 0.05) is 25.2 Å². The molecule has 1 amide bonds. The van der Waals surface area contributed by atoms with Crippen LogP contribution in [0.4, 0.5) is 8.78 Å². The Bertz CT molecular complexity index is 756. The van der Waals surface area contributed by atoms with Crippen LogP contribution in [0, 0.1) is 11.6 Å². The van der Waals surface area contributed by atoms with Crippen LogP contribution in [0.25, 0.3) is 0 Å². The number of hydrogen-bond acceptors (Lipinski definition) is 5. The fourth-order valence-electron chi connectivity index (χ4n) is 2.88. The van der Waals surface area contributed by atoms with Gasteiger partial charge in [-0.15, -0.1) is 0 Å². The normalized spacial score (nSPS) is 23.8. The number of aromatic amines is 1. The van der Waals surface area contributed by atoms with Gasteiger partial charge in [-0.1, -0.05) is 0 Å². The molecular formula is C16H18F2N4O3. The van der Waals surface area contributed by atoms with Gasteiger partial charge in [-0.05, 0) is 18.2 Å². The van der Waals surface area contributed by atoms with Gasteiger partial charge in [0.15, 0.2) is 0 Å². The number of aliphatic hydroxyl groups is 2. The molecule has 134 valence electrons. The Kier molecular flexibility index (Phi) is 4.80. The van der Waals surface area contributed by atoms with Crippen LogP contribution in [-0.2, 0) is 6.54 Å². The first-order chi connectivity index (χ1) is 11.9. The third kappa shape index (κ3) is 3.84. The average molecular weight is 352 g/mol. The predicted octanol–water partition coefficient (Wildman–Crippen LogP) is 0.0255. The highest BCUT2D eigenvalue weighted by Crippen LogP contribution is 2.24. The van der Waals surface area contributed by atoms with Crippen molar-refractivity contribution in [2.24, 2.45) is 0 Å². The molecule has 9 heteroatoms. The number of nitrogens with one attached hydrogen (secondary N) is 2. The van der Waals surface area contributed by atoms with Crippen molar-refractivity contribution in [3.8, 4) is 0 Å². The van der Waals surface area contributed by atoms with E-state index in [1.165, 1.54) is 12.5 Å². The standard InChI is InChI=1S/C16H18F2N4O3/c17-11-1-2-12(18)10(3-11)5-22-6-14(23)16(25,8-22)7-20-15(24)13-4-19-9-21-13/h1-4,9,14,23,25H,5-8H2,(H,19,21)(H,20,24)/t14-,16+/m1/s1. The van der Waals surface area contributed by atoms with E-state index in [0.29, 0.717) is 0 Å². The number of imidazole rings is 1. The summed E-state index contributed by atoms with van der Waals surface area (Å²) in [7, 11) is 0. The molecule has 1 fully saturated rings. The zero-order valence-corrected chi connectivity index (χ0v) is 13.2. The number of nitrogens with zero attached hydrogens (tertiary/aromatic N) is 2. The number of benzene rings is 1. The number of carbonyl (C=O) groups is 1. The van der Waals surface area contributed by atoms with Crippen molar-refractivity contribution in [3.05, 3.63) is 53.6 Å². The third-order valence-corrected chi connectivity index (χ3v) is 4.25. The number of carbonyl (C=O) groups excluding carboxylic acids is 1. The molecule has 2 aromatic rings. The van der Waals surface area contributed by atoms with E-state index in [1.807, 2.05) is 0 Å². The number of β-amino-alcohol motifs (C(OH)–C–C–N with tert-alkyl or cyclic N) is 2. The smallest absolute Gasteiger partial charge is 0.269 e. The van der Waals surface area contributed by atoms with Crippen molar-refractivity contribution in [2.75, 3.05) is 19.6 Å². The highest BCUT2D eigenvalue weighted by molar-refractivity contribution is 5.92. The molecule has 2 atom stereocenters. The second-order valence-corrected chi connectivity index (χ2v) is 6.17. The van der Waals surface area contributed by atoms with Gasteiger partial charge < -0.3 is 20.5 Å². The second-order valence-electron chi connectivity index (χ2n) is 6.17. The van der Waals surface area contributed by atoms with Gasteiger partial charge in [-0.2, -0.15) is 0 Å². The van der Waals surface area contributed by atoms with Crippen LogP contribution in [0.1, 0.15) is 16.1 Å². The quantitative estimate of drug-likeness (QED) is 0.608. The van der Waals surface area contributed by atoms with Crippen LogP contribution in [0.5, 0.6) is 0 Å². The fraction of sp³-hybridized carbons (Fsp3) is 0.375. The minimum atomic E-state index is -1.58. The number of rotatable bonds is 5. The van der Waals surface area contributed by atoms with E-state index in [9.17, 15) is 23.8 Å². The van der Waals surface area contributed by atoms with Crippen molar-refractivity contribution in [2.45, 2.75) is 18.2 Å². The molecule has 0 aliphatic carbocycles. The summed E-state index contributed by atoms with van der Waals surface area (Å²) in [6.45, 7) is -0.0641. The van der Waals surface area contributed by atoms with Crippen LogP contribution in [0.3, 0.4) is 0 Å². The minimum absolute atomic E-state index is 0.00732. The van der Waals surface area contributed by atoms with Crippen molar-refractivity contribution >= 4 is 5.91 Å². The Morgan fingerprint density at radius 1 is 1.48 bits per heavy atom. The molecule has 7 nitrogen and oxygen atoms in total. The highest BCUT2D eigenvalue weighted by atomic mass is 19.1. The lowest BCUT2D eigenvalue weighted by Crippen LogP contribution is -2.51. The van der Waals surface area contributed by atoms with Crippen LogP contribution >= 0.6 is 0 Å². The van der Waals surface area contributed by atoms with E-state index in [0.717, 1.165) is 18.2 Å². The summed E-state index contributed by atoms with van der Waals surface area (Å²) >= 11 is 0. The fourth-order valence-corrected chi connectivity index (χ4v) is 2.88. The van der Waals surface area contributed by atoms with Gasteiger partial charge in [0.25, 0.3) is 5.91 Å². The highest BCUT2D eigenvalue weighted by Gasteiger charge is 2.44. The molecule has 0 unspecified atom stereocenters. The first-order valence-corrected chi connectivity index (χ1v) is 7.71. The van der Waals surface area contributed by atoms with Crippen LogP contribution in [0.15, 0.2) is 30.7 Å². The number of hydrogen-bond donors (Lipinski definition) is 4. The molecule has 25 heavy (non-hydrogen) atoms. The Hall–Kier alpha value is -2.36. The number of aromatic nitrogens is 2. The lowest BCUT2D eigenvalue weighted by atomic mass is 10.0. The Morgan fingerprint density at radius 3 is 3.00 bits per heavy atom. The third-order valence-electron chi connectivity index (χ3n) is 4.25. The summed E-state index contributed by atoms with van der Waals surface area (Å²) in [5, 5.41) is 23.2. The molecule has 2 heterocycles. The largest absolute Gasteiger partial charge is 0.389 e. The molecule has 0 spiro atoms. The SMILES string of the molecule is O=C(NC[C@]1(O)CN(Cc2cc(F)ccc2F)C[C@H]1O)c1cnc[nH]1. The van der Waals surface area contributed by atoms with Gasteiger partial charge >= 0.3 is 0 Å². The first kappa shape index (κ1) is 17.5. The maximum atomic E-state index is 13.7. The van der Waals surface area contributed by atoms with Gasteiger partial charge in [0.1, 0.15) is 22.9 Å². The maximum Gasteiger partial charge on any atom is 0.269 e. The van der Waals surface area contributed by atoms with Crippen LogP contribution < -0.4 is 5.32 Å². The van der Waals surface area contributed by atoms with Crippen LogP contribution in [-0.4, -0.2) is 62.3 Å². The Labute approximate surface area is 142 Å². The summed E-state index contributed by atoms with van der Waals surface area (Å²) in [6.07, 6.45) is 1.55. The van der Waals surface area contributed by atoms with E-state index in [1.54, 1.807) is 4.90 Å². The zero-order chi connectivity index (χ0) is 18.0. The Morgan fingerprint density at radius 2 is 2.28 bits per heavy atom. The molecule has 0 radical (unpaired) electrons. The molecule has 1 aromatic heterocycles. The van der Waals surface area contributed by atoms with E-state index >= 15 is 0 Å². The number of amides is 1. The van der Waals surface area contributed by atoms with E-state index < -0.39 is 29.2 Å². The van der Waals surface area contributed by atoms with Gasteiger partial charge in [0.05, 0.1) is 25.2 Å². The molecule has 0 bridgehead atoms. The molecule has 1 aromatic carbocycles. The molecule has 1 saturated heterocycles. The number of likely N-dealkylation sites (tertiary alicyclic amines) is 1. The summed E-state index contributed by atoms with van der Waals surface area (Å²) < 4.78 is 27.0. The van der Waals surface area contributed by atoms with Gasteiger partial charge in [0.2, 0.25) is 0 Å². The Balaban J connectivity index is 1.61. The maximum absolute atomic E-state index is 13.7. The van der Waals surface area contributed by atoms with Crippen molar-refractivity contribution in [1.82, 2.24) is 20.2 Å². The van der Waals surface area contributed by atoms with Crippen molar-refractivity contribution in [1.29, 1.82) is 0 Å². The molecule has 4 N–H and O–H groups in total. The summed E-state index contributed by atoms with van der Waals surface area (Å²) in [4.78, 5) is 19.8. The van der Waals surface area contributed by atoms with Crippen molar-refractivity contribution in [3.63, 3.8) is 0 Å². The van der Waals surface area contributed by atoms with E-state index in [4.69, 9.17) is 0 Å². The van der Waals surface area contributed by atoms with Crippen molar-refractivity contribution < 1.29 is 23.8 Å². The lowest BCUT2D eigenvalue weighted by Gasteiger charge is -2.26. The topological polar surface area (TPSA) is 101 Å². The summed E-state index contributed by atoms with van der Waals surface area (Å²) in [5.41, 5.74) is -1.22. The number of halogens is 2. The van der Waals surface area contributed by atoms with Gasteiger partial charge in [-0.25, -0.2) is 13.8 Å². The van der Waals surface area contributed by atoms with Gasteiger partial charge in [-0.3, -0.25) is 9.69 Å². The minimum Gasteiger partial charge on any atom is -0.389 e. The summed E-state index contributed by atoms with van der Waals surface area (Å²) in [5.74, 6) is -1.58. The monoisotopic (exact) mass is 352 g/mol. The van der Waals surface area contributed by atoms with Crippen LogP contribution in [0.2, 0.25) is 0 Å². The molecule has 1 aliphatic heterocycles. The average Bonchev–Trinajstić information content (AvgIpc) is 3.18. The number of H-pyrrole nitrogens is 1. The molecule has 0 saturated carbocycles. The predicted molar refractivity (Wildman–Crippen MR) is 83.5 cm³/mol. The zero-order valence-electron chi connectivity index (χ0n) is 13.2. The molecule has 1 aliphatic rings. The summed E-state index contributed by atoms with van der Waals surface area (Å²) in [6, 6.07) is 3.14. The molecule has 3 rings (SSSR count). The first-order valence-electron chi connectivity index (χ1n) is 7.71. The van der Waals surface area contributed by atoms with E-state index in [2.05, 4.69) is 15.3 Å². The lowest BCUT2D eigenvalue weighted by molar-refractivity contribution is -0.0377. The van der Waals surface area contributed by atoms with E-state index in [-0.39, 0.29) is 37.4 Å². The molecular weight excluding hydrogens is 334 g/mol.